The molecular weight excluding hydrogens is 242 g/mol. The fraction of sp³-hybridized carbons (Fsp3) is 0.200. The van der Waals surface area contributed by atoms with E-state index in [0.717, 1.165) is 16.5 Å². The zero-order valence-corrected chi connectivity index (χ0v) is 10.7. The summed E-state index contributed by atoms with van der Waals surface area (Å²) >= 11 is 0. The van der Waals surface area contributed by atoms with Crippen LogP contribution < -0.4 is 10.5 Å². The minimum atomic E-state index is -0.467. The molecule has 1 amide bonds. The molecule has 98 valence electrons. The zero-order valence-electron chi connectivity index (χ0n) is 10.7. The van der Waals surface area contributed by atoms with E-state index in [2.05, 4.69) is 0 Å². The van der Waals surface area contributed by atoms with E-state index in [-0.39, 0.29) is 18.6 Å². The van der Waals surface area contributed by atoms with Crippen LogP contribution in [0.15, 0.2) is 36.4 Å². The van der Waals surface area contributed by atoms with Gasteiger partial charge in [-0.2, -0.15) is 0 Å². The number of primary amides is 1. The molecule has 0 aliphatic carbocycles. The number of amides is 1. The molecule has 2 rings (SSSR count). The van der Waals surface area contributed by atoms with Crippen molar-refractivity contribution >= 4 is 22.5 Å². The fourth-order valence-corrected chi connectivity index (χ4v) is 2.06. The van der Waals surface area contributed by atoms with Gasteiger partial charge in [0.15, 0.2) is 5.78 Å². The first-order valence-corrected chi connectivity index (χ1v) is 6.00. The second kappa shape index (κ2) is 5.52. The van der Waals surface area contributed by atoms with Crippen LogP contribution in [0, 0.1) is 0 Å². The van der Waals surface area contributed by atoms with Gasteiger partial charge in [0, 0.05) is 23.8 Å². The smallest absolute Gasteiger partial charge is 0.217 e. The van der Waals surface area contributed by atoms with Crippen molar-refractivity contribution in [3.8, 4) is 5.75 Å². The van der Waals surface area contributed by atoms with Crippen LogP contribution in [0.5, 0.6) is 5.75 Å². The number of ether oxygens (including phenoxy) is 1. The Labute approximate surface area is 111 Å². The number of fused-ring (bicyclic) bond motifs is 1. The van der Waals surface area contributed by atoms with E-state index in [1.165, 1.54) is 0 Å². The van der Waals surface area contributed by atoms with E-state index >= 15 is 0 Å². The van der Waals surface area contributed by atoms with Crippen molar-refractivity contribution in [3.05, 3.63) is 42.0 Å². The van der Waals surface area contributed by atoms with Gasteiger partial charge in [0.05, 0.1) is 7.11 Å². The maximum atomic E-state index is 12.1. The highest BCUT2D eigenvalue weighted by molar-refractivity contribution is 6.10. The lowest BCUT2D eigenvalue weighted by Gasteiger charge is -2.09. The van der Waals surface area contributed by atoms with Gasteiger partial charge in [-0.05, 0) is 17.5 Å². The van der Waals surface area contributed by atoms with Crippen molar-refractivity contribution in [3.63, 3.8) is 0 Å². The van der Waals surface area contributed by atoms with Crippen LogP contribution in [-0.2, 0) is 4.79 Å². The molecule has 0 aliphatic rings. The molecule has 0 fully saturated rings. The van der Waals surface area contributed by atoms with Gasteiger partial charge >= 0.3 is 0 Å². The normalized spacial score (nSPS) is 10.4. The predicted molar refractivity (Wildman–Crippen MR) is 73.3 cm³/mol. The molecule has 4 heteroatoms. The average Bonchev–Trinajstić information content (AvgIpc) is 2.43. The molecule has 4 nitrogen and oxygen atoms in total. The van der Waals surface area contributed by atoms with E-state index in [9.17, 15) is 9.59 Å². The lowest BCUT2D eigenvalue weighted by molar-refractivity contribution is -0.118. The number of hydrogen-bond acceptors (Lipinski definition) is 3. The van der Waals surface area contributed by atoms with Crippen LogP contribution in [0.1, 0.15) is 23.2 Å². The summed E-state index contributed by atoms with van der Waals surface area (Å²) in [5.74, 6) is 0.172. The van der Waals surface area contributed by atoms with Crippen LogP contribution in [0.3, 0.4) is 0 Å². The van der Waals surface area contributed by atoms with Crippen molar-refractivity contribution in [2.75, 3.05) is 7.11 Å². The summed E-state index contributed by atoms with van der Waals surface area (Å²) in [5.41, 5.74) is 5.66. The summed E-state index contributed by atoms with van der Waals surface area (Å²) in [6.07, 6.45) is 0.199. The summed E-state index contributed by atoms with van der Waals surface area (Å²) < 4.78 is 5.27. The number of carbonyl (C=O) groups excluding carboxylic acids is 2. The number of carbonyl (C=O) groups is 2. The topological polar surface area (TPSA) is 69.4 Å². The molecule has 0 heterocycles. The Morgan fingerprint density at radius 2 is 1.74 bits per heavy atom. The second-order valence-corrected chi connectivity index (χ2v) is 4.25. The van der Waals surface area contributed by atoms with Crippen LogP contribution in [0.2, 0.25) is 0 Å². The SMILES string of the molecule is COc1ccc(C(=O)CCC(N)=O)c2ccccc12. The molecule has 0 aromatic heterocycles. The third kappa shape index (κ3) is 2.73. The molecule has 2 N–H and O–H groups in total. The molecular formula is C15H15NO3. The zero-order chi connectivity index (χ0) is 13.8. The van der Waals surface area contributed by atoms with Crippen LogP contribution in [0.25, 0.3) is 10.8 Å². The Kier molecular flexibility index (Phi) is 3.80. The van der Waals surface area contributed by atoms with Gasteiger partial charge in [-0.1, -0.05) is 24.3 Å². The molecule has 19 heavy (non-hydrogen) atoms. The number of hydrogen-bond donors (Lipinski definition) is 1. The van der Waals surface area contributed by atoms with Gasteiger partial charge in [-0.15, -0.1) is 0 Å². The lowest BCUT2D eigenvalue weighted by atomic mass is 9.98. The van der Waals surface area contributed by atoms with Gasteiger partial charge in [-0.3, -0.25) is 9.59 Å². The maximum absolute atomic E-state index is 12.1. The Hall–Kier alpha value is -2.36. The van der Waals surface area contributed by atoms with Gasteiger partial charge in [0.1, 0.15) is 5.75 Å². The molecule has 0 saturated heterocycles. The first-order valence-electron chi connectivity index (χ1n) is 6.00. The Morgan fingerprint density at radius 3 is 2.37 bits per heavy atom. The summed E-state index contributed by atoms with van der Waals surface area (Å²) in [6.45, 7) is 0. The molecule has 0 atom stereocenters. The monoisotopic (exact) mass is 257 g/mol. The lowest BCUT2D eigenvalue weighted by Crippen LogP contribution is -2.13. The molecule has 0 bridgehead atoms. The van der Waals surface area contributed by atoms with Gasteiger partial charge in [0.2, 0.25) is 5.91 Å². The Bertz CT molecular complexity index is 634. The van der Waals surface area contributed by atoms with Gasteiger partial charge < -0.3 is 10.5 Å². The summed E-state index contributed by atoms with van der Waals surface area (Å²) in [5, 5.41) is 1.71. The fourth-order valence-electron chi connectivity index (χ4n) is 2.06. The molecule has 0 radical (unpaired) electrons. The number of methoxy groups -OCH3 is 1. The molecule has 0 spiro atoms. The number of rotatable bonds is 5. The van der Waals surface area contributed by atoms with Crippen molar-refractivity contribution in [1.29, 1.82) is 0 Å². The minimum Gasteiger partial charge on any atom is -0.496 e. The number of Topliss-reactive ketones (excluding diaryl/α,β-unsaturated/α-hetero) is 1. The van der Waals surface area contributed by atoms with E-state index in [0.29, 0.717) is 5.56 Å². The number of ketones is 1. The van der Waals surface area contributed by atoms with Crippen molar-refractivity contribution in [2.45, 2.75) is 12.8 Å². The standard InChI is InChI=1S/C15H15NO3/c1-19-14-8-6-11(13(17)7-9-15(16)18)10-4-2-3-5-12(10)14/h2-6,8H,7,9H2,1H3,(H2,16,18). The highest BCUT2D eigenvalue weighted by Crippen LogP contribution is 2.29. The second-order valence-electron chi connectivity index (χ2n) is 4.25. The van der Waals surface area contributed by atoms with Crippen molar-refractivity contribution in [2.24, 2.45) is 5.73 Å². The van der Waals surface area contributed by atoms with E-state index in [1.807, 2.05) is 24.3 Å². The molecule has 2 aromatic rings. The van der Waals surface area contributed by atoms with Crippen molar-refractivity contribution in [1.82, 2.24) is 0 Å². The summed E-state index contributed by atoms with van der Waals surface area (Å²) in [4.78, 5) is 22.9. The Balaban J connectivity index is 2.44. The number of nitrogens with two attached hydrogens (primary N) is 1. The highest BCUT2D eigenvalue weighted by Gasteiger charge is 2.13. The van der Waals surface area contributed by atoms with Crippen molar-refractivity contribution < 1.29 is 14.3 Å². The van der Waals surface area contributed by atoms with Crippen LogP contribution in [0.4, 0.5) is 0 Å². The third-order valence-corrected chi connectivity index (χ3v) is 3.00. The first kappa shape index (κ1) is 13.1. The highest BCUT2D eigenvalue weighted by atomic mass is 16.5. The van der Waals surface area contributed by atoms with E-state index < -0.39 is 5.91 Å². The molecule has 0 unspecified atom stereocenters. The van der Waals surface area contributed by atoms with E-state index in [4.69, 9.17) is 10.5 Å². The van der Waals surface area contributed by atoms with Crippen LogP contribution in [-0.4, -0.2) is 18.8 Å². The number of benzene rings is 2. The molecule has 0 saturated carbocycles. The van der Waals surface area contributed by atoms with E-state index in [1.54, 1.807) is 19.2 Å². The van der Waals surface area contributed by atoms with Crippen LogP contribution >= 0.6 is 0 Å². The first-order chi connectivity index (χ1) is 9.13. The summed E-state index contributed by atoms with van der Waals surface area (Å²) in [6, 6.07) is 11.0. The summed E-state index contributed by atoms with van der Waals surface area (Å²) in [7, 11) is 1.59. The van der Waals surface area contributed by atoms with Gasteiger partial charge in [0.25, 0.3) is 0 Å². The molecule has 2 aromatic carbocycles. The average molecular weight is 257 g/mol. The van der Waals surface area contributed by atoms with Gasteiger partial charge in [-0.25, -0.2) is 0 Å². The molecule has 0 aliphatic heterocycles. The minimum absolute atomic E-state index is 0.0686. The predicted octanol–water partition coefficient (Wildman–Crippen LogP) is 2.30. The quantitative estimate of drug-likeness (QED) is 0.835. The largest absolute Gasteiger partial charge is 0.496 e. The maximum Gasteiger partial charge on any atom is 0.217 e. The third-order valence-electron chi connectivity index (χ3n) is 3.00. The Morgan fingerprint density at radius 1 is 1.05 bits per heavy atom.